The van der Waals surface area contributed by atoms with Crippen LogP contribution in [-0.2, 0) is 11.2 Å². The average molecular weight is 289 g/mol. The Labute approximate surface area is 125 Å². The average Bonchev–Trinajstić information content (AvgIpc) is 2.53. The lowest BCUT2D eigenvalue weighted by Crippen LogP contribution is -2.58. The fourth-order valence-corrected chi connectivity index (χ4v) is 3.58. The zero-order valence-electron chi connectivity index (χ0n) is 12.5. The molecule has 1 aliphatic carbocycles. The number of benzene rings is 1. The third kappa shape index (κ3) is 2.76. The number of carbonyl (C=O) groups excluding carboxylic acids is 1. The highest BCUT2D eigenvalue weighted by Gasteiger charge is 2.35. The first-order chi connectivity index (χ1) is 10.2. The minimum atomic E-state index is -0.239. The summed E-state index contributed by atoms with van der Waals surface area (Å²) in [6, 6.07) is 6.34. The SMILES string of the molecule is COc1ccc2c(c1)C(N1CCNCC1C(N)=O)CCC2. The lowest BCUT2D eigenvalue weighted by molar-refractivity contribution is -0.125. The van der Waals surface area contributed by atoms with Crippen molar-refractivity contribution in [3.8, 4) is 5.75 Å². The normalized spacial score (nSPS) is 26.1. The third-order valence-corrected chi connectivity index (χ3v) is 4.65. The summed E-state index contributed by atoms with van der Waals surface area (Å²) in [6.45, 7) is 2.40. The Hall–Kier alpha value is -1.59. The molecule has 114 valence electrons. The van der Waals surface area contributed by atoms with Gasteiger partial charge in [0.15, 0.2) is 0 Å². The first-order valence-electron chi connectivity index (χ1n) is 7.63. The number of rotatable bonds is 3. The molecule has 0 aromatic heterocycles. The summed E-state index contributed by atoms with van der Waals surface area (Å²) in [5.74, 6) is 0.642. The van der Waals surface area contributed by atoms with E-state index in [0.717, 1.165) is 38.1 Å². The standard InChI is InChI=1S/C16H23N3O2/c1-21-12-6-5-11-3-2-4-14(13(11)9-12)19-8-7-18-10-15(19)16(17)20/h5-6,9,14-15,18H,2-4,7-8,10H2,1H3,(H2,17,20). The van der Waals surface area contributed by atoms with Crippen molar-refractivity contribution in [2.75, 3.05) is 26.7 Å². The van der Waals surface area contributed by atoms with Crippen molar-refractivity contribution in [2.45, 2.75) is 31.3 Å². The fourth-order valence-electron chi connectivity index (χ4n) is 3.58. The summed E-state index contributed by atoms with van der Waals surface area (Å²) in [7, 11) is 1.69. The van der Waals surface area contributed by atoms with E-state index in [1.54, 1.807) is 7.11 Å². The summed E-state index contributed by atoms with van der Waals surface area (Å²) in [6.07, 6.45) is 3.33. The smallest absolute Gasteiger partial charge is 0.236 e. The number of fused-ring (bicyclic) bond motifs is 1. The van der Waals surface area contributed by atoms with Crippen LogP contribution in [-0.4, -0.2) is 43.6 Å². The van der Waals surface area contributed by atoms with Crippen molar-refractivity contribution < 1.29 is 9.53 Å². The van der Waals surface area contributed by atoms with Gasteiger partial charge in [-0.2, -0.15) is 0 Å². The van der Waals surface area contributed by atoms with Crippen LogP contribution in [0.25, 0.3) is 0 Å². The van der Waals surface area contributed by atoms with Gasteiger partial charge in [0.05, 0.1) is 7.11 Å². The minimum absolute atomic E-state index is 0.221. The first kappa shape index (κ1) is 14.4. The van der Waals surface area contributed by atoms with Gasteiger partial charge in [-0.3, -0.25) is 9.69 Å². The number of hydrogen-bond donors (Lipinski definition) is 2. The van der Waals surface area contributed by atoms with Crippen LogP contribution in [0.15, 0.2) is 18.2 Å². The molecule has 1 aromatic rings. The maximum Gasteiger partial charge on any atom is 0.236 e. The van der Waals surface area contributed by atoms with Gasteiger partial charge in [-0.1, -0.05) is 6.07 Å². The highest BCUT2D eigenvalue weighted by atomic mass is 16.5. The maximum absolute atomic E-state index is 11.8. The van der Waals surface area contributed by atoms with Gasteiger partial charge in [-0.15, -0.1) is 0 Å². The molecule has 0 bridgehead atoms. The molecule has 3 N–H and O–H groups in total. The van der Waals surface area contributed by atoms with Gasteiger partial charge in [0, 0.05) is 25.7 Å². The molecule has 2 atom stereocenters. The Morgan fingerprint density at radius 2 is 2.33 bits per heavy atom. The number of methoxy groups -OCH3 is 1. The summed E-state index contributed by atoms with van der Waals surface area (Å²) in [5.41, 5.74) is 8.26. The molecule has 1 fully saturated rings. The van der Waals surface area contributed by atoms with Crippen LogP contribution in [0.3, 0.4) is 0 Å². The second kappa shape index (κ2) is 6.03. The topological polar surface area (TPSA) is 67.6 Å². The second-order valence-electron chi connectivity index (χ2n) is 5.83. The van der Waals surface area contributed by atoms with E-state index in [0.29, 0.717) is 6.54 Å². The molecule has 2 aliphatic rings. The number of aryl methyl sites for hydroxylation is 1. The van der Waals surface area contributed by atoms with Gasteiger partial charge < -0.3 is 15.8 Å². The highest BCUT2D eigenvalue weighted by molar-refractivity contribution is 5.80. The molecule has 2 unspecified atom stereocenters. The van der Waals surface area contributed by atoms with Crippen molar-refractivity contribution in [1.29, 1.82) is 0 Å². The van der Waals surface area contributed by atoms with Gasteiger partial charge in [-0.05, 0) is 42.5 Å². The van der Waals surface area contributed by atoms with E-state index in [-0.39, 0.29) is 18.0 Å². The minimum Gasteiger partial charge on any atom is -0.497 e. The van der Waals surface area contributed by atoms with Crippen molar-refractivity contribution in [2.24, 2.45) is 5.73 Å². The maximum atomic E-state index is 11.8. The van der Waals surface area contributed by atoms with Gasteiger partial charge in [0.1, 0.15) is 11.8 Å². The number of ether oxygens (including phenoxy) is 1. The van der Waals surface area contributed by atoms with Crippen molar-refractivity contribution in [3.63, 3.8) is 0 Å². The molecule has 0 saturated carbocycles. The molecule has 0 radical (unpaired) electrons. The van der Waals surface area contributed by atoms with E-state index in [1.165, 1.54) is 11.1 Å². The second-order valence-corrected chi connectivity index (χ2v) is 5.83. The predicted octanol–water partition coefficient (Wildman–Crippen LogP) is 0.832. The lowest BCUT2D eigenvalue weighted by Gasteiger charge is -2.42. The third-order valence-electron chi connectivity index (χ3n) is 4.65. The van der Waals surface area contributed by atoms with E-state index >= 15 is 0 Å². The monoisotopic (exact) mass is 289 g/mol. The molecule has 1 amide bonds. The molecule has 1 saturated heterocycles. The summed E-state index contributed by atoms with van der Waals surface area (Å²) in [5, 5.41) is 3.26. The Kier molecular flexibility index (Phi) is 4.12. The van der Waals surface area contributed by atoms with Crippen LogP contribution in [0.4, 0.5) is 0 Å². The van der Waals surface area contributed by atoms with Crippen LogP contribution in [0.2, 0.25) is 0 Å². The van der Waals surface area contributed by atoms with Gasteiger partial charge in [0.2, 0.25) is 5.91 Å². The molecule has 1 aromatic carbocycles. The van der Waals surface area contributed by atoms with E-state index in [2.05, 4.69) is 22.3 Å². The number of amides is 1. The molecular formula is C16H23N3O2. The zero-order valence-corrected chi connectivity index (χ0v) is 12.5. The highest BCUT2D eigenvalue weighted by Crippen LogP contribution is 2.37. The van der Waals surface area contributed by atoms with Crippen LogP contribution in [0.5, 0.6) is 5.75 Å². The Morgan fingerprint density at radius 3 is 3.10 bits per heavy atom. The van der Waals surface area contributed by atoms with Crippen molar-refractivity contribution in [3.05, 3.63) is 29.3 Å². The number of primary amides is 1. The molecule has 1 aliphatic heterocycles. The Morgan fingerprint density at radius 1 is 1.48 bits per heavy atom. The summed E-state index contributed by atoms with van der Waals surface area (Å²) >= 11 is 0. The molecule has 1 heterocycles. The predicted molar refractivity (Wildman–Crippen MR) is 81.2 cm³/mol. The van der Waals surface area contributed by atoms with E-state index in [1.807, 2.05) is 6.07 Å². The molecule has 3 rings (SSSR count). The van der Waals surface area contributed by atoms with Gasteiger partial charge in [-0.25, -0.2) is 0 Å². The zero-order chi connectivity index (χ0) is 14.8. The first-order valence-corrected chi connectivity index (χ1v) is 7.63. The van der Waals surface area contributed by atoms with Gasteiger partial charge >= 0.3 is 0 Å². The number of nitrogens with zero attached hydrogens (tertiary/aromatic N) is 1. The molecule has 21 heavy (non-hydrogen) atoms. The summed E-state index contributed by atoms with van der Waals surface area (Å²) < 4.78 is 5.37. The number of nitrogens with two attached hydrogens (primary N) is 1. The number of hydrogen-bond acceptors (Lipinski definition) is 4. The quantitative estimate of drug-likeness (QED) is 0.865. The summed E-state index contributed by atoms with van der Waals surface area (Å²) in [4.78, 5) is 14.0. The van der Waals surface area contributed by atoms with Crippen LogP contribution in [0, 0.1) is 0 Å². The lowest BCUT2D eigenvalue weighted by atomic mass is 9.85. The Balaban J connectivity index is 1.94. The number of nitrogens with one attached hydrogen (secondary N) is 1. The Bertz CT molecular complexity index is 532. The van der Waals surface area contributed by atoms with E-state index in [4.69, 9.17) is 10.5 Å². The fraction of sp³-hybridized carbons (Fsp3) is 0.562. The number of piperazine rings is 1. The van der Waals surface area contributed by atoms with E-state index < -0.39 is 0 Å². The van der Waals surface area contributed by atoms with Crippen LogP contribution in [0.1, 0.15) is 30.0 Å². The largest absolute Gasteiger partial charge is 0.497 e. The molecule has 5 heteroatoms. The molecule has 5 nitrogen and oxygen atoms in total. The molecular weight excluding hydrogens is 266 g/mol. The number of carbonyl (C=O) groups is 1. The van der Waals surface area contributed by atoms with Crippen molar-refractivity contribution >= 4 is 5.91 Å². The molecule has 0 spiro atoms. The van der Waals surface area contributed by atoms with E-state index in [9.17, 15) is 4.79 Å². The van der Waals surface area contributed by atoms with Crippen LogP contribution >= 0.6 is 0 Å². The van der Waals surface area contributed by atoms with Crippen molar-refractivity contribution in [1.82, 2.24) is 10.2 Å². The van der Waals surface area contributed by atoms with Crippen LogP contribution < -0.4 is 15.8 Å². The van der Waals surface area contributed by atoms with Gasteiger partial charge in [0.25, 0.3) is 0 Å².